The summed E-state index contributed by atoms with van der Waals surface area (Å²) in [7, 11) is 0. The normalized spacial score (nSPS) is 33.6. The Morgan fingerprint density at radius 3 is 2.85 bits per heavy atom. The van der Waals surface area contributed by atoms with E-state index in [0.29, 0.717) is 29.6 Å². The fourth-order valence-corrected chi connectivity index (χ4v) is 6.84. The third-order valence-electron chi connectivity index (χ3n) is 7.29. The summed E-state index contributed by atoms with van der Waals surface area (Å²) in [4.78, 5) is 20.3. The zero-order chi connectivity index (χ0) is 18.2. The van der Waals surface area contributed by atoms with Crippen molar-refractivity contribution in [3.05, 3.63) is 52.5 Å². The van der Waals surface area contributed by atoms with Crippen molar-refractivity contribution in [1.29, 1.82) is 0 Å². The number of hydrogen-bond acceptors (Lipinski definition) is 4. The van der Waals surface area contributed by atoms with Gasteiger partial charge in [0.2, 0.25) is 0 Å². The van der Waals surface area contributed by atoms with Crippen molar-refractivity contribution in [2.75, 3.05) is 6.54 Å². The minimum atomic E-state index is 0.233. The quantitative estimate of drug-likeness (QED) is 0.778. The third-order valence-corrected chi connectivity index (χ3v) is 8.05. The summed E-state index contributed by atoms with van der Waals surface area (Å²) in [6.07, 6.45) is 8.68. The largest absolute Gasteiger partial charge is 0.299 e. The molecule has 1 aliphatic heterocycles. The van der Waals surface area contributed by atoms with Gasteiger partial charge in [-0.2, -0.15) is 0 Å². The zero-order valence-electron chi connectivity index (χ0n) is 15.8. The Hall–Kier alpha value is -1.52. The van der Waals surface area contributed by atoms with Crippen LogP contribution in [-0.4, -0.2) is 28.3 Å². The van der Waals surface area contributed by atoms with Crippen molar-refractivity contribution in [1.82, 2.24) is 9.88 Å². The molecule has 1 saturated heterocycles. The number of piperidine rings is 1. The molecule has 0 spiro atoms. The maximum Gasteiger partial charge on any atom is 0.136 e. The van der Waals surface area contributed by atoms with Gasteiger partial charge in [0.15, 0.2) is 0 Å². The molecule has 0 amide bonds. The van der Waals surface area contributed by atoms with E-state index in [-0.39, 0.29) is 5.92 Å². The number of rotatable bonds is 4. The lowest BCUT2D eigenvalue weighted by Crippen LogP contribution is -2.57. The van der Waals surface area contributed by atoms with Crippen LogP contribution in [0.5, 0.6) is 0 Å². The van der Waals surface area contributed by atoms with E-state index in [1.165, 1.54) is 36.3 Å². The molecule has 27 heavy (non-hydrogen) atoms. The predicted octanol–water partition coefficient (Wildman–Crippen LogP) is 4.58. The first-order valence-corrected chi connectivity index (χ1v) is 11.4. The van der Waals surface area contributed by atoms with E-state index in [9.17, 15) is 4.79 Å². The minimum Gasteiger partial charge on any atom is -0.299 e. The monoisotopic (exact) mass is 380 g/mol. The fraction of sp³-hybridized carbons (Fsp3) is 0.565. The minimum absolute atomic E-state index is 0.233. The van der Waals surface area contributed by atoms with Gasteiger partial charge >= 0.3 is 0 Å². The number of aromatic nitrogens is 1. The van der Waals surface area contributed by atoms with Gasteiger partial charge in [0, 0.05) is 30.0 Å². The Balaban J connectivity index is 1.39. The summed E-state index contributed by atoms with van der Waals surface area (Å²) in [6.45, 7) is 2.13. The highest BCUT2D eigenvalue weighted by Gasteiger charge is 2.51. The second kappa shape index (κ2) is 7.48. The number of benzene rings is 1. The molecule has 3 aliphatic rings. The second-order valence-corrected chi connectivity index (χ2v) is 9.63. The SMILES string of the molecule is O=C1C[C@@H]2CCN(Cc3nccs3)[C@@H]3CCC[C@@H]([C@@H]23)[C@H]1Cc1ccccc1. The second-order valence-electron chi connectivity index (χ2n) is 8.65. The molecule has 1 aromatic carbocycles. The number of thiazole rings is 1. The number of Topliss-reactive ketones (excluding diaryl/α,β-unsaturated/α-hetero) is 1. The van der Waals surface area contributed by atoms with Gasteiger partial charge in [0.1, 0.15) is 10.8 Å². The Bertz CT molecular complexity index is 775. The van der Waals surface area contributed by atoms with Crippen LogP contribution in [0.4, 0.5) is 0 Å². The van der Waals surface area contributed by atoms with Crippen LogP contribution in [0.3, 0.4) is 0 Å². The van der Waals surface area contributed by atoms with Gasteiger partial charge in [-0.3, -0.25) is 9.69 Å². The van der Waals surface area contributed by atoms with Crippen molar-refractivity contribution in [3.63, 3.8) is 0 Å². The highest BCUT2D eigenvalue weighted by atomic mass is 32.1. The number of ketones is 1. The number of likely N-dealkylation sites (tertiary alicyclic amines) is 1. The highest BCUT2D eigenvalue weighted by molar-refractivity contribution is 7.09. The van der Waals surface area contributed by atoms with E-state index in [1.807, 2.05) is 6.20 Å². The molecule has 0 N–H and O–H groups in total. The maximum atomic E-state index is 13.1. The number of carbonyl (C=O) groups is 1. The molecule has 5 atom stereocenters. The van der Waals surface area contributed by atoms with E-state index in [1.54, 1.807) is 11.3 Å². The van der Waals surface area contributed by atoms with E-state index < -0.39 is 0 Å². The molecule has 5 rings (SSSR count). The van der Waals surface area contributed by atoms with Gasteiger partial charge in [0.05, 0.1) is 6.54 Å². The molecule has 4 heteroatoms. The van der Waals surface area contributed by atoms with E-state index >= 15 is 0 Å². The number of nitrogens with zero attached hydrogens (tertiary/aromatic N) is 2. The van der Waals surface area contributed by atoms with Crippen LogP contribution in [0.1, 0.15) is 42.7 Å². The summed E-state index contributed by atoms with van der Waals surface area (Å²) in [5, 5.41) is 3.32. The molecule has 2 saturated carbocycles. The van der Waals surface area contributed by atoms with Crippen LogP contribution in [-0.2, 0) is 17.8 Å². The molecule has 2 aromatic rings. The molecule has 0 unspecified atom stereocenters. The lowest BCUT2D eigenvalue weighted by molar-refractivity contribution is -0.139. The predicted molar refractivity (Wildman–Crippen MR) is 109 cm³/mol. The lowest BCUT2D eigenvalue weighted by atomic mass is 9.56. The smallest absolute Gasteiger partial charge is 0.136 e. The molecule has 142 valence electrons. The Labute approximate surface area is 165 Å². The Morgan fingerprint density at radius 2 is 2.04 bits per heavy atom. The third kappa shape index (κ3) is 3.38. The molecule has 3 fully saturated rings. The lowest BCUT2D eigenvalue weighted by Gasteiger charge is -2.55. The van der Waals surface area contributed by atoms with E-state index in [2.05, 4.69) is 45.6 Å². The van der Waals surface area contributed by atoms with Crippen LogP contribution in [0.15, 0.2) is 41.9 Å². The van der Waals surface area contributed by atoms with Crippen molar-refractivity contribution in [2.24, 2.45) is 23.7 Å². The highest BCUT2D eigenvalue weighted by Crippen LogP contribution is 2.51. The first kappa shape index (κ1) is 17.6. The summed E-state index contributed by atoms with van der Waals surface area (Å²) >= 11 is 1.77. The topological polar surface area (TPSA) is 33.2 Å². The van der Waals surface area contributed by atoms with Crippen LogP contribution in [0, 0.1) is 23.7 Å². The van der Waals surface area contributed by atoms with Crippen LogP contribution in [0.25, 0.3) is 0 Å². The summed E-state index contributed by atoms with van der Waals surface area (Å²) < 4.78 is 0. The summed E-state index contributed by atoms with van der Waals surface area (Å²) in [6, 6.07) is 11.3. The van der Waals surface area contributed by atoms with E-state index in [0.717, 1.165) is 25.9 Å². The van der Waals surface area contributed by atoms with Crippen molar-refractivity contribution < 1.29 is 4.79 Å². The van der Waals surface area contributed by atoms with Gasteiger partial charge in [-0.1, -0.05) is 36.8 Å². The number of hydrogen-bond donors (Lipinski definition) is 0. The average Bonchev–Trinajstić information content (AvgIpc) is 3.21. The molecule has 3 nitrogen and oxygen atoms in total. The van der Waals surface area contributed by atoms with Gasteiger partial charge < -0.3 is 0 Å². The molecule has 2 aliphatic carbocycles. The van der Waals surface area contributed by atoms with Crippen LogP contribution in [0.2, 0.25) is 0 Å². The maximum absolute atomic E-state index is 13.1. The van der Waals surface area contributed by atoms with Crippen LogP contribution >= 0.6 is 11.3 Å². The zero-order valence-corrected chi connectivity index (χ0v) is 16.6. The van der Waals surface area contributed by atoms with Gasteiger partial charge in [0.25, 0.3) is 0 Å². The number of carbonyl (C=O) groups excluding carboxylic acids is 1. The van der Waals surface area contributed by atoms with E-state index in [4.69, 9.17) is 0 Å². The molecular formula is C23H28N2OS. The van der Waals surface area contributed by atoms with Gasteiger partial charge in [-0.15, -0.1) is 11.3 Å². The molecular weight excluding hydrogens is 352 g/mol. The Morgan fingerprint density at radius 1 is 1.15 bits per heavy atom. The molecule has 1 aromatic heterocycles. The van der Waals surface area contributed by atoms with Crippen LogP contribution < -0.4 is 0 Å². The fourth-order valence-electron chi connectivity index (χ4n) is 6.20. The van der Waals surface area contributed by atoms with Gasteiger partial charge in [-0.05, 0) is 55.5 Å². The first-order valence-electron chi connectivity index (χ1n) is 10.5. The first-order chi connectivity index (χ1) is 13.3. The van der Waals surface area contributed by atoms with Gasteiger partial charge in [-0.25, -0.2) is 4.98 Å². The van der Waals surface area contributed by atoms with Crippen molar-refractivity contribution in [3.8, 4) is 0 Å². The molecule has 0 radical (unpaired) electrons. The standard InChI is InChI=1S/C23H28N2OS/c26-21-14-17-9-11-25(15-22-24-10-12-27-22)20-8-4-7-18(23(17)20)19(21)13-16-5-2-1-3-6-16/h1-3,5-6,10,12,17-20,23H,4,7-9,11,13-15H2/t17-,18+,19+,20+,23+/m0/s1. The van der Waals surface area contributed by atoms with Crippen molar-refractivity contribution in [2.45, 2.75) is 51.1 Å². The molecule has 0 bridgehead atoms. The van der Waals surface area contributed by atoms with Crippen molar-refractivity contribution >= 4 is 17.1 Å². The summed E-state index contributed by atoms with van der Waals surface area (Å²) in [5.74, 6) is 2.68. The molecule has 2 heterocycles. The average molecular weight is 381 g/mol. The Kier molecular flexibility index (Phi) is 4.87. The summed E-state index contributed by atoms with van der Waals surface area (Å²) in [5.41, 5.74) is 1.33.